The Labute approximate surface area is 146 Å². The minimum atomic E-state index is -0.765. The molecule has 0 aliphatic carbocycles. The number of nitrogens with zero attached hydrogens (tertiary/aromatic N) is 1. The average molecular weight is 345 g/mol. The summed E-state index contributed by atoms with van der Waals surface area (Å²) < 4.78 is 5.13. The van der Waals surface area contributed by atoms with Crippen LogP contribution < -0.4 is 10.1 Å². The van der Waals surface area contributed by atoms with Crippen molar-refractivity contribution in [1.82, 2.24) is 15.5 Å². The molecule has 1 amide bonds. The first-order chi connectivity index (χ1) is 12.1. The number of benzene rings is 1. The van der Waals surface area contributed by atoms with Crippen molar-refractivity contribution in [3.63, 3.8) is 0 Å². The van der Waals surface area contributed by atoms with Gasteiger partial charge in [-0.2, -0.15) is 5.10 Å². The van der Waals surface area contributed by atoms with Crippen molar-refractivity contribution in [2.24, 2.45) is 0 Å². The predicted molar refractivity (Wildman–Crippen MR) is 93.6 cm³/mol. The number of unbranched alkanes of at least 4 members (excludes halogenated alkanes) is 3. The molecule has 7 nitrogen and oxygen atoms in total. The smallest absolute Gasteiger partial charge is 0.303 e. The number of carboxylic acids is 1. The molecule has 2 aromatic rings. The average Bonchev–Trinajstić information content (AvgIpc) is 3.10. The van der Waals surface area contributed by atoms with Crippen molar-refractivity contribution in [2.45, 2.75) is 32.1 Å². The predicted octanol–water partition coefficient (Wildman–Crippen LogP) is 2.85. The minimum Gasteiger partial charge on any atom is -0.497 e. The van der Waals surface area contributed by atoms with Crippen molar-refractivity contribution < 1.29 is 19.4 Å². The molecule has 0 atom stereocenters. The molecule has 1 aromatic carbocycles. The lowest BCUT2D eigenvalue weighted by atomic mass is 10.1. The van der Waals surface area contributed by atoms with E-state index in [9.17, 15) is 9.59 Å². The van der Waals surface area contributed by atoms with Gasteiger partial charge in [-0.05, 0) is 37.1 Å². The number of amides is 1. The molecule has 0 fully saturated rings. The summed E-state index contributed by atoms with van der Waals surface area (Å²) in [4.78, 5) is 22.7. The largest absolute Gasteiger partial charge is 0.497 e. The lowest BCUT2D eigenvalue weighted by molar-refractivity contribution is -0.137. The lowest BCUT2D eigenvalue weighted by Crippen LogP contribution is -2.24. The number of rotatable bonds is 10. The number of H-pyrrole nitrogens is 1. The molecule has 3 N–H and O–H groups in total. The van der Waals surface area contributed by atoms with Crippen molar-refractivity contribution in [2.75, 3.05) is 13.7 Å². The van der Waals surface area contributed by atoms with Gasteiger partial charge in [-0.25, -0.2) is 0 Å². The highest BCUT2D eigenvalue weighted by molar-refractivity contribution is 5.99. The monoisotopic (exact) mass is 345 g/mol. The highest BCUT2D eigenvalue weighted by Crippen LogP contribution is 2.23. The number of ether oxygens (including phenoxy) is 1. The Kier molecular flexibility index (Phi) is 7.00. The second kappa shape index (κ2) is 9.46. The molecule has 0 bridgehead atoms. The Morgan fingerprint density at radius 3 is 2.56 bits per heavy atom. The van der Waals surface area contributed by atoms with E-state index in [-0.39, 0.29) is 12.3 Å². The zero-order valence-corrected chi connectivity index (χ0v) is 14.2. The number of hydrogen-bond donors (Lipinski definition) is 3. The Morgan fingerprint density at radius 2 is 1.88 bits per heavy atom. The van der Waals surface area contributed by atoms with E-state index in [0.29, 0.717) is 24.2 Å². The molecule has 0 radical (unpaired) electrons. The van der Waals surface area contributed by atoms with E-state index < -0.39 is 5.97 Å². The van der Waals surface area contributed by atoms with Gasteiger partial charge in [0.15, 0.2) is 0 Å². The van der Waals surface area contributed by atoms with Gasteiger partial charge in [-0.15, -0.1) is 0 Å². The molecule has 0 saturated heterocycles. The maximum atomic E-state index is 12.3. The molecule has 0 spiro atoms. The fraction of sp³-hybridized carbons (Fsp3) is 0.389. The van der Waals surface area contributed by atoms with Crippen LogP contribution in [0.4, 0.5) is 0 Å². The van der Waals surface area contributed by atoms with Crippen LogP contribution in [-0.4, -0.2) is 40.8 Å². The molecular formula is C18H23N3O4. The highest BCUT2D eigenvalue weighted by Gasteiger charge is 2.14. The van der Waals surface area contributed by atoms with Gasteiger partial charge in [0.1, 0.15) is 5.75 Å². The molecule has 0 unspecified atom stereocenters. The third-order valence-corrected chi connectivity index (χ3v) is 3.87. The maximum absolute atomic E-state index is 12.3. The standard InChI is InChI=1S/C18H23N3O4/c1-25-14-9-7-13(8-10-14)17-15(12-20-21-17)18(24)19-11-5-3-2-4-6-16(22)23/h7-10,12H,2-6,11H2,1H3,(H,19,24)(H,20,21)(H,22,23). The van der Waals surface area contributed by atoms with Crippen molar-refractivity contribution in [1.29, 1.82) is 0 Å². The summed E-state index contributed by atoms with van der Waals surface area (Å²) in [5, 5.41) is 18.3. The number of carbonyl (C=O) groups excluding carboxylic acids is 1. The van der Waals surface area contributed by atoms with Crippen LogP contribution in [0.25, 0.3) is 11.3 Å². The summed E-state index contributed by atoms with van der Waals surface area (Å²) in [6, 6.07) is 7.39. The van der Waals surface area contributed by atoms with E-state index in [1.54, 1.807) is 7.11 Å². The van der Waals surface area contributed by atoms with Crippen LogP contribution in [0, 0.1) is 0 Å². The molecule has 2 rings (SSSR count). The fourth-order valence-electron chi connectivity index (χ4n) is 2.49. The first-order valence-corrected chi connectivity index (χ1v) is 8.29. The zero-order chi connectivity index (χ0) is 18.1. The topological polar surface area (TPSA) is 104 Å². The van der Waals surface area contributed by atoms with Gasteiger partial charge in [0, 0.05) is 18.5 Å². The Bertz CT molecular complexity index is 695. The molecule has 25 heavy (non-hydrogen) atoms. The summed E-state index contributed by atoms with van der Waals surface area (Å²) in [7, 11) is 1.60. The van der Waals surface area contributed by atoms with E-state index in [1.807, 2.05) is 24.3 Å². The summed E-state index contributed by atoms with van der Waals surface area (Å²) in [5.74, 6) is -0.193. The third-order valence-electron chi connectivity index (χ3n) is 3.87. The van der Waals surface area contributed by atoms with E-state index in [4.69, 9.17) is 9.84 Å². The van der Waals surface area contributed by atoms with Gasteiger partial charge in [0.2, 0.25) is 0 Å². The van der Waals surface area contributed by atoms with Gasteiger partial charge < -0.3 is 15.2 Å². The van der Waals surface area contributed by atoms with Gasteiger partial charge in [-0.1, -0.05) is 12.8 Å². The van der Waals surface area contributed by atoms with Crippen molar-refractivity contribution in [3.8, 4) is 17.0 Å². The molecule has 0 saturated carbocycles. The number of aromatic amines is 1. The summed E-state index contributed by atoms with van der Waals surface area (Å²) >= 11 is 0. The number of methoxy groups -OCH3 is 1. The normalized spacial score (nSPS) is 10.4. The second-order valence-electron chi connectivity index (χ2n) is 5.70. The van der Waals surface area contributed by atoms with E-state index >= 15 is 0 Å². The SMILES string of the molecule is COc1ccc(-c2[nH]ncc2C(=O)NCCCCCCC(=O)O)cc1. The summed E-state index contributed by atoms with van der Waals surface area (Å²) in [6.45, 7) is 0.555. The quantitative estimate of drug-likeness (QED) is 0.574. The number of carbonyl (C=O) groups is 2. The molecule has 0 aliphatic heterocycles. The molecule has 1 heterocycles. The van der Waals surface area contributed by atoms with Gasteiger partial charge >= 0.3 is 5.97 Å². The highest BCUT2D eigenvalue weighted by atomic mass is 16.5. The minimum absolute atomic E-state index is 0.176. The first-order valence-electron chi connectivity index (χ1n) is 8.29. The van der Waals surface area contributed by atoms with Crippen molar-refractivity contribution >= 4 is 11.9 Å². The molecule has 7 heteroatoms. The maximum Gasteiger partial charge on any atom is 0.303 e. The van der Waals surface area contributed by atoms with Crippen molar-refractivity contribution in [3.05, 3.63) is 36.0 Å². The number of aliphatic carboxylic acids is 1. The van der Waals surface area contributed by atoms with Crippen LogP contribution >= 0.6 is 0 Å². The zero-order valence-electron chi connectivity index (χ0n) is 14.2. The van der Waals surface area contributed by atoms with Crippen LogP contribution in [0.3, 0.4) is 0 Å². The number of nitrogens with one attached hydrogen (secondary N) is 2. The van der Waals surface area contributed by atoms with Crippen LogP contribution in [0.5, 0.6) is 5.75 Å². The fourth-order valence-corrected chi connectivity index (χ4v) is 2.49. The van der Waals surface area contributed by atoms with Crippen LogP contribution in [-0.2, 0) is 4.79 Å². The summed E-state index contributed by atoms with van der Waals surface area (Å²) in [6.07, 6.45) is 4.96. The van der Waals surface area contributed by atoms with Gasteiger partial charge in [0.25, 0.3) is 5.91 Å². The molecule has 134 valence electrons. The van der Waals surface area contributed by atoms with E-state index in [2.05, 4.69) is 15.5 Å². The van der Waals surface area contributed by atoms with E-state index in [0.717, 1.165) is 30.6 Å². The summed E-state index contributed by atoms with van der Waals surface area (Å²) in [5.41, 5.74) is 2.02. The molecule has 1 aromatic heterocycles. The third kappa shape index (κ3) is 5.63. The molecule has 0 aliphatic rings. The Hall–Kier alpha value is -2.83. The molecular weight excluding hydrogens is 322 g/mol. The number of hydrogen-bond acceptors (Lipinski definition) is 4. The lowest BCUT2D eigenvalue weighted by Gasteiger charge is -2.06. The van der Waals surface area contributed by atoms with Crippen LogP contribution in [0.1, 0.15) is 42.5 Å². The van der Waals surface area contributed by atoms with Gasteiger partial charge in [0.05, 0.1) is 24.6 Å². The second-order valence-corrected chi connectivity index (χ2v) is 5.70. The Morgan fingerprint density at radius 1 is 1.16 bits per heavy atom. The van der Waals surface area contributed by atoms with Gasteiger partial charge in [-0.3, -0.25) is 14.7 Å². The first kappa shape index (κ1) is 18.5. The number of carboxylic acid groups (broad SMARTS) is 1. The Balaban J connectivity index is 1.82. The van der Waals surface area contributed by atoms with Crippen LogP contribution in [0.2, 0.25) is 0 Å². The van der Waals surface area contributed by atoms with E-state index in [1.165, 1.54) is 6.20 Å². The van der Waals surface area contributed by atoms with Crippen LogP contribution in [0.15, 0.2) is 30.5 Å². The number of aromatic nitrogens is 2.